The Morgan fingerprint density at radius 2 is 2.14 bits per heavy atom. The summed E-state index contributed by atoms with van der Waals surface area (Å²) in [5, 5.41) is 9.54. The number of nitrogens with zero attached hydrogens (tertiary/aromatic N) is 4. The second kappa shape index (κ2) is 7.65. The minimum Gasteiger partial charge on any atom is -0.461 e. The molecule has 0 saturated carbocycles. The van der Waals surface area contributed by atoms with E-state index >= 15 is 0 Å². The molecule has 0 aliphatic carbocycles. The van der Waals surface area contributed by atoms with Gasteiger partial charge in [0.2, 0.25) is 5.82 Å². The van der Waals surface area contributed by atoms with Crippen LogP contribution in [0.4, 0.5) is 0 Å². The molecule has 118 valence electrons. The SMILES string of the molecule is C=CCn1c(SCCN2CCCCC2)nnc1-c1ccco1. The molecule has 1 fully saturated rings. The van der Waals surface area contributed by atoms with Crippen molar-refractivity contribution >= 4 is 11.8 Å². The Labute approximate surface area is 135 Å². The highest BCUT2D eigenvalue weighted by Gasteiger charge is 2.16. The van der Waals surface area contributed by atoms with Gasteiger partial charge in [0.25, 0.3) is 0 Å². The van der Waals surface area contributed by atoms with E-state index < -0.39 is 0 Å². The molecule has 0 atom stereocenters. The van der Waals surface area contributed by atoms with Crippen LogP contribution in [0.5, 0.6) is 0 Å². The molecular weight excluding hydrogens is 296 g/mol. The summed E-state index contributed by atoms with van der Waals surface area (Å²) < 4.78 is 7.51. The molecule has 1 aliphatic rings. The summed E-state index contributed by atoms with van der Waals surface area (Å²) in [6, 6.07) is 3.78. The number of aromatic nitrogens is 3. The first kappa shape index (κ1) is 15.4. The van der Waals surface area contributed by atoms with Crippen molar-refractivity contribution in [3.8, 4) is 11.6 Å². The van der Waals surface area contributed by atoms with Crippen LogP contribution in [0.1, 0.15) is 19.3 Å². The monoisotopic (exact) mass is 318 g/mol. The summed E-state index contributed by atoms with van der Waals surface area (Å²) in [6.45, 7) is 8.10. The topological polar surface area (TPSA) is 47.1 Å². The van der Waals surface area contributed by atoms with E-state index in [9.17, 15) is 0 Å². The molecule has 0 amide bonds. The number of likely N-dealkylation sites (tertiary alicyclic amines) is 1. The summed E-state index contributed by atoms with van der Waals surface area (Å²) in [7, 11) is 0. The number of rotatable bonds is 7. The molecule has 0 aromatic carbocycles. The summed E-state index contributed by atoms with van der Waals surface area (Å²) in [5.74, 6) is 2.55. The van der Waals surface area contributed by atoms with Gasteiger partial charge in [0.15, 0.2) is 10.9 Å². The van der Waals surface area contributed by atoms with Crippen LogP contribution < -0.4 is 0 Å². The number of hydrogen-bond donors (Lipinski definition) is 0. The molecule has 0 bridgehead atoms. The summed E-state index contributed by atoms with van der Waals surface area (Å²) in [6.07, 6.45) is 7.57. The highest BCUT2D eigenvalue weighted by atomic mass is 32.2. The predicted octanol–water partition coefficient (Wildman–Crippen LogP) is 3.30. The second-order valence-corrected chi connectivity index (χ2v) is 6.50. The van der Waals surface area contributed by atoms with Gasteiger partial charge in [-0.05, 0) is 38.1 Å². The lowest BCUT2D eigenvalue weighted by Crippen LogP contribution is -2.31. The fourth-order valence-electron chi connectivity index (χ4n) is 2.73. The Morgan fingerprint density at radius 3 is 2.86 bits per heavy atom. The Hall–Kier alpha value is -1.53. The van der Waals surface area contributed by atoms with Crippen LogP contribution >= 0.6 is 11.8 Å². The standard InChI is InChI=1S/C16H22N4OS/c1-2-8-20-15(14-7-6-12-21-14)17-18-16(20)22-13-11-19-9-4-3-5-10-19/h2,6-7,12H,1,3-5,8-11,13H2. The van der Waals surface area contributed by atoms with E-state index in [-0.39, 0.29) is 0 Å². The minimum absolute atomic E-state index is 0.690. The lowest BCUT2D eigenvalue weighted by atomic mass is 10.1. The van der Waals surface area contributed by atoms with Gasteiger partial charge in [0.05, 0.1) is 6.26 Å². The smallest absolute Gasteiger partial charge is 0.200 e. The Balaban J connectivity index is 1.64. The maximum absolute atomic E-state index is 5.44. The maximum atomic E-state index is 5.44. The molecule has 5 nitrogen and oxygen atoms in total. The van der Waals surface area contributed by atoms with Crippen LogP contribution in [0, 0.1) is 0 Å². The summed E-state index contributed by atoms with van der Waals surface area (Å²) in [4.78, 5) is 2.54. The van der Waals surface area contributed by atoms with Crippen molar-refractivity contribution in [1.82, 2.24) is 19.7 Å². The minimum atomic E-state index is 0.690. The molecule has 1 aliphatic heterocycles. The lowest BCUT2D eigenvalue weighted by Gasteiger charge is -2.25. The Kier molecular flexibility index (Phi) is 5.34. The van der Waals surface area contributed by atoms with E-state index in [2.05, 4.69) is 26.2 Å². The van der Waals surface area contributed by atoms with Crippen LogP contribution in [0.2, 0.25) is 0 Å². The molecule has 0 radical (unpaired) electrons. The number of piperidine rings is 1. The number of thioether (sulfide) groups is 1. The zero-order valence-corrected chi connectivity index (χ0v) is 13.6. The third kappa shape index (κ3) is 3.62. The van der Waals surface area contributed by atoms with E-state index in [1.54, 1.807) is 18.0 Å². The van der Waals surface area contributed by atoms with Crippen molar-refractivity contribution in [3.63, 3.8) is 0 Å². The predicted molar refractivity (Wildman–Crippen MR) is 88.9 cm³/mol. The third-order valence-corrected chi connectivity index (χ3v) is 4.80. The van der Waals surface area contributed by atoms with Gasteiger partial charge < -0.3 is 9.32 Å². The number of hydrogen-bond acceptors (Lipinski definition) is 5. The van der Waals surface area contributed by atoms with Crippen molar-refractivity contribution in [2.24, 2.45) is 0 Å². The second-order valence-electron chi connectivity index (χ2n) is 5.43. The normalized spacial score (nSPS) is 16.0. The van der Waals surface area contributed by atoms with E-state index in [0.29, 0.717) is 6.54 Å². The van der Waals surface area contributed by atoms with Gasteiger partial charge in [0, 0.05) is 18.8 Å². The molecule has 3 heterocycles. The number of allylic oxidation sites excluding steroid dienone is 1. The fourth-order valence-corrected chi connectivity index (χ4v) is 3.67. The van der Waals surface area contributed by atoms with E-state index in [0.717, 1.165) is 29.0 Å². The molecule has 0 spiro atoms. The summed E-state index contributed by atoms with van der Waals surface area (Å²) in [5.41, 5.74) is 0. The van der Waals surface area contributed by atoms with E-state index in [1.807, 2.05) is 18.2 Å². The van der Waals surface area contributed by atoms with Crippen molar-refractivity contribution < 1.29 is 4.42 Å². The van der Waals surface area contributed by atoms with Gasteiger partial charge in [-0.3, -0.25) is 4.57 Å². The zero-order chi connectivity index (χ0) is 15.2. The highest BCUT2D eigenvalue weighted by molar-refractivity contribution is 7.99. The van der Waals surface area contributed by atoms with Crippen LogP contribution in [-0.4, -0.2) is 45.1 Å². The van der Waals surface area contributed by atoms with E-state index in [4.69, 9.17) is 4.42 Å². The van der Waals surface area contributed by atoms with Gasteiger partial charge in [-0.1, -0.05) is 24.3 Å². The molecule has 1 saturated heterocycles. The third-order valence-electron chi connectivity index (χ3n) is 3.86. The Bertz CT molecular complexity index is 587. The van der Waals surface area contributed by atoms with Crippen LogP contribution in [0.3, 0.4) is 0 Å². The molecule has 3 rings (SSSR count). The van der Waals surface area contributed by atoms with Gasteiger partial charge in [-0.2, -0.15) is 0 Å². The maximum Gasteiger partial charge on any atom is 0.200 e. The van der Waals surface area contributed by atoms with Gasteiger partial charge in [-0.15, -0.1) is 16.8 Å². The summed E-state index contributed by atoms with van der Waals surface area (Å²) >= 11 is 1.76. The highest BCUT2D eigenvalue weighted by Crippen LogP contribution is 2.24. The first-order valence-electron chi connectivity index (χ1n) is 7.81. The first-order chi connectivity index (χ1) is 10.9. The molecule has 6 heteroatoms. The largest absolute Gasteiger partial charge is 0.461 e. The molecular formula is C16H22N4OS. The van der Waals surface area contributed by atoms with Crippen molar-refractivity contribution in [1.29, 1.82) is 0 Å². The fraction of sp³-hybridized carbons (Fsp3) is 0.500. The van der Waals surface area contributed by atoms with Gasteiger partial charge >= 0.3 is 0 Å². The van der Waals surface area contributed by atoms with Crippen molar-refractivity contribution in [2.75, 3.05) is 25.4 Å². The molecule has 0 unspecified atom stereocenters. The zero-order valence-electron chi connectivity index (χ0n) is 12.8. The van der Waals surface area contributed by atoms with Crippen molar-refractivity contribution in [2.45, 2.75) is 31.0 Å². The number of furan rings is 1. The average Bonchev–Trinajstić information content (AvgIpc) is 3.19. The van der Waals surface area contributed by atoms with Gasteiger partial charge in [-0.25, -0.2) is 0 Å². The Morgan fingerprint density at radius 1 is 1.27 bits per heavy atom. The molecule has 2 aromatic rings. The van der Waals surface area contributed by atoms with Crippen LogP contribution in [0.25, 0.3) is 11.6 Å². The quantitative estimate of drug-likeness (QED) is 0.579. The van der Waals surface area contributed by atoms with Crippen molar-refractivity contribution in [3.05, 3.63) is 31.1 Å². The molecule has 0 N–H and O–H groups in total. The molecule has 22 heavy (non-hydrogen) atoms. The molecule has 2 aromatic heterocycles. The van der Waals surface area contributed by atoms with Crippen LogP contribution in [-0.2, 0) is 6.54 Å². The lowest BCUT2D eigenvalue weighted by molar-refractivity contribution is 0.242. The first-order valence-corrected chi connectivity index (χ1v) is 8.80. The van der Waals surface area contributed by atoms with E-state index in [1.165, 1.54) is 32.4 Å². The average molecular weight is 318 g/mol. The van der Waals surface area contributed by atoms with Gasteiger partial charge in [0.1, 0.15) is 0 Å². The van der Waals surface area contributed by atoms with Crippen LogP contribution in [0.15, 0.2) is 40.6 Å².